The molecule has 0 aliphatic carbocycles. The van der Waals surface area contributed by atoms with Crippen molar-refractivity contribution < 1.29 is 9.84 Å². The van der Waals surface area contributed by atoms with Gasteiger partial charge in [0.05, 0.1) is 22.9 Å². The lowest BCUT2D eigenvalue weighted by Crippen LogP contribution is -2.25. The van der Waals surface area contributed by atoms with E-state index in [1.807, 2.05) is 18.3 Å². The van der Waals surface area contributed by atoms with E-state index in [-0.39, 0.29) is 12.1 Å². The predicted octanol–water partition coefficient (Wildman–Crippen LogP) is 0.798. The van der Waals surface area contributed by atoms with Gasteiger partial charge in [0.2, 0.25) is 5.95 Å². The summed E-state index contributed by atoms with van der Waals surface area (Å²) in [7, 11) is 1.62. The summed E-state index contributed by atoms with van der Waals surface area (Å²) in [4.78, 5) is 17.9. The van der Waals surface area contributed by atoms with Crippen molar-refractivity contribution in [1.29, 1.82) is 0 Å². The van der Waals surface area contributed by atoms with Crippen molar-refractivity contribution in [2.45, 2.75) is 12.2 Å². The molecule has 0 saturated carbocycles. The van der Waals surface area contributed by atoms with Gasteiger partial charge in [0.25, 0.3) is 0 Å². The summed E-state index contributed by atoms with van der Waals surface area (Å²) in [5, 5.41) is 11.1. The Balaban J connectivity index is 1.84. The van der Waals surface area contributed by atoms with Crippen LogP contribution >= 0.6 is 0 Å². The fraction of sp³-hybridized carbons (Fsp3) is 0.312. The van der Waals surface area contributed by atoms with Crippen molar-refractivity contribution >= 4 is 22.7 Å². The van der Waals surface area contributed by atoms with Crippen LogP contribution in [0.4, 0.5) is 11.6 Å². The van der Waals surface area contributed by atoms with Gasteiger partial charge < -0.3 is 25.5 Å². The lowest BCUT2D eigenvalue weighted by Gasteiger charge is -2.19. The highest BCUT2D eigenvalue weighted by Crippen LogP contribution is 2.35. The van der Waals surface area contributed by atoms with Crippen molar-refractivity contribution in [2.75, 3.05) is 30.8 Å². The molecule has 4 heterocycles. The molecule has 0 aromatic carbocycles. The number of nitrogens with zero attached hydrogens (tertiary/aromatic N) is 4. The molecule has 3 aromatic heterocycles. The van der Waals surface area contributed by atoms with Crippen LogP contribution in [0.5, 0.6) is 0 Å². The first-order valence-corrected chi connectivity index (χ1v) is 7.68. The predicted molar refractivity (Wildman–Crippen MR) is 90.5 cm³/mol. The van der Waals surface area contributed by atoms with E-state index < -0.39 is 6.10 Å². The second-order valence-corrected chi connectivity index (χ2v) is 5.80. The number of pyridine rings is 1. The first kappa shape index (κ1) is 14.9. The molecule has 0 bridgehead atoms. The zero-order valence-corrected chi connectivity index (χ0v) is 13.2. The summed E-state index contributed by atoms with van der Waals surface area (Å²) in [5.41, 5.74) is 9.08. The van der Waals surface area contributed by atoms with Crippen LogP contribution in [0.15, 0.2) is 30.7 Å². The first-order valence-electron chi connectivity index (χ1n) is 7.68. The second kappa shape index (κ2) is 5.73. The number of aliphatic hydroxyl groups excluding tert-OH is 1. The van der Waals surface area contributed by atoms with Gasteiger partial charge in [0.15, 0.2) is 0 Å². The van der Waals surface area contributed by atoms with Crippen LogP contribution in [-0.4, -0.2) is 57.4 Å². The number of nitrogens with one attached hydrogen (secondary N) is 1. The molecule has 1 fully saturated rings. The van der Waals surface area contributed by atoms with Gasteiger partial charge in [-0.15, -0.1) is 0 Å². The first-order chi connectivity index (χ1) is 11.7. The summed E-state index contributed by atoms with van der Waals surface area (Å²) in [6.07, 6.45) is 4.52. The van der Waals surface area contributed by atoms with Crippen molar-refractivity contribution in [1.82, 2.24) is 19.9 Å². The van der Waals surface area contributed by atoms with Crippen molar-refractivity contribution in [3.8, 4) is 11.3 Å². The number of aromatic nitrogens is 4. The Morgan fingerprint density at radius 1 is 1.29 bits per heavy atom. The van der Waals surface area contributed by atoms with Gasteiger partial charge in [-0.05, 0) is 12.1 Å². The van der Waals surface area contributed by atoms with Gasteiger partial charge in [0, 0.05) is 44.4 Å². The SMILES string of the molecule is COC1CN(c2ccnc3[nH]cc(-c4ccnc(N)n4)c23)CC1O. The molecule has 4 N–H and O–H groups in total. The Kier molecular flexibility index (Phi) is 3.55. The number of H-pyrrole nitrogens is 1. The molecule has 24 heavy (non-hydrogen) atoms. The molecule has 2 unspecified atom stereocenters. The van der Waals surface area contributed by atoms with Gasteiger partial charge in [-0.1, -0.05) is 0 Å². The maximum atomic E-state index is 10.1. The Hall–Kier alpha value is -2.71. The molecule has 4 rings (SSSR count). The number of nitrogens with two attached hydrogens (primary N) is 1. The van der Waals surface area contributed by atoms with E-state index in [0.717, 1.165) is 28.0 Å². The molecular formula is C16H18N6O2. The van der Waals surface area contributed by atoms with E-state index in [2.05, 4.69) is 24.8 Å². The fourth-order valence-electron chi connectivity index (χ4n) is 3.21. The molecule has 0 radical (unpaired) electrons. The minimum absolute atomic E-state index is 0.203. The third-order valence-corrected chi connectivity index (χ3v) is 4.38. The lowest BCUT2D eigenvalue weighted by molar-refractivity contribution is 0.0217. The number of anilines is 2. The number of β-amino-alcohol motifs (C(OH)–C–C–N with tert-alkyl or cyclic N) is 1. The molecule has 1 aliphatic heterocycles. The average molecular weight is 326 g/mol. The summed E-state index contributed by atoms with van der Waals surface area (Å²) in [6.45, 7) is 1.13. The molecule has 124 valence electrons. The summed E-state index contributed by atoms with van der Waals surface area (Å²) < 4.78 is 5.35. The number of fused-ring (bicyclic) bond motifs is 1. The Bertz CT molecular complexity index is 880. The molecule has 2 atom stereocenters. The van der Waals surface area contributed by atoms with Crippen LogP contribution in [0, 0.1) is 0 Å². The largest absolute Gasteiger partial charge is 0.388 e. The summed E-state index contributed by atoms with van der Waals surface area (Å²) >= 11 is 0. The third-order valence-electron chi connectivity index (χ3n) is 4.38. The zero-order valence-electron chi connectivity index (χ0n) is 13.2. The summed E-state index contributed by atoms with van der Waals surface area (Å²) in [6, 6.07) is 3.75. The zero-order chi connectivity index (χ0) is 16.7. The van der Waals surface area contributed by atoms with E-state index in [4.69, 9.17) is 10.5 Å². The lowest BCUT2D eigenvalue weighted by atomic mass is 10.1. The van der Waals surface area contributed by atoms with E-state index in [9.17, 15) is 5.11 Å². The highest BCUT2D eigenvalue weighted by molar-refractivity contribution is 6.02. The van der Waals surface area contributed by atoms with E-state index in [1.54, 1.807) is 19.5 Å². The minimum Gasteiger partial charge on any atom is -0.388 e. The molecular weight excluding hydrogens is 308 g/mol. The number of hydrogen-bond acceptors (Lipinski definition) is 7. The number of aromatic amines is 1. The van der Waals surface area contributed by atoms with Gasteiger partial charge in [-0.3, -0.25) is 0 Å². The van der Waals surface area contributed by atoms with Gasteiger partial charge in [0.1, 0.15) is 11.8 Å². The van der Waals surface area contributed by atoms with E-state index in [0.29, 0.717) is 13.1 Å². The molecule has 3 aromatic rings. The molecule has 1 aliphatic rings. The second-order valence-electron chi connectivity index (χ2n) is 5.80. The Labute approximate surface area is 138 Å². The van der Waals surface area contributed by atoms with Crippen LogP contribution in [0.1, 0.15) is 0 Å². The average Bonchev–Trinajstić information content (AvgIpc) is 3.18. The molecule has 1 saturated heterocycles. The fourth-order valence-corrected chi connectivity index (χ4v) is 3.21. The summed E-state index contributed by atoms with van der Waals surface area (Å²) in [5.74, 6) is 0.225. The monoisotopic (exact) mass is 326 g/mol. The number of methoxy groups -OCH3 is 1. The molecule has 8 heteroatoms. The van der Waals surface area contributed by atoms with Crippen LogP contribution in [0.2, 0.25) is 0 Å². The highest BCUT2D eigenvalue weighted by Gasteiger charge is 2.32. The van der Waals surface area contributed by atoms with Crippen LogP contribution < -0.4 is 10.6 Å². The van der Waals surface area contributed by atoms with Crippen LogP contribution in [-0.2, 0) is 4.74 Å². The van der Waals surface area contributed by atoms with Crippen LogP contribution in [0.3, 0.4) is 0 Å². The number of ether oxygens (including phenoxy) is 1. The smallest absolute Gasteiger partial charge is 0.220 e. The quantitative estimate of drug-likeness (QED) is 0.652. The van der Waals surface area contributed by atoms with Crippen molar-refractivity contribution in [3.63, 3.8) is 0 Å². The van der Waals surface area contributed by atoms with E-state index in [1.165, 1.54) is 0 Å². The Morgan fingerprint density at radius 3 is 2.88 bits per heavy atom. The maximum absolute atomic E-state index is 10.1. The number of aliphatic hydroxyl groups is 1. The number of hydrogen-bond donors (Lipinski definition) is 3. The van der Waals surface area contributed by atoms with Crippen LogP contribution in [0.25, 0.3) is 22.3 Å². The third kappa shape index (κ3) is 2.36. The van der Waals surface area contributed by atoms with Gasteiger partial charge in [-0.25, -0.2) is 15.0 Å². The topological polar surface area (TPSA) is 113 Å². The number of rotatable bonds is 3. The Morgan fingerprint density at radius 2 is 2.12 bits per heavy atom. The number of nitrogen functional groups attached to an aromatic ring is 1. The highest BCUT2D eigenvalue weighted by atomic mass is 16.5. The van der Waals surface area contributed by atoms with Gasteiger partial charge >= 0.3 is 0 Å². The molecule has 0 amide bonds. The van der Waals surface area contributed by atoms with E-state index >= 15 is 0 Å². The molecule has 0 spiro atoms. The standard InChI is InChI=1S/C16H18N6O2/c1-24-13-8-22(7-12(13)23)11-3-5-18-15-14(11)9(6-20-15)10-2-4-19-16(17)21-10/h2-6,12-13,23H,7-8H2,1H3,(H,18,20)(H2,17,19,21). The van der Waals surface area contributed by atoms with Gasteiger partial charge in [-0.2, -0.15) is 0 Å². The maximum Gasteiger partial charge on any atom is 0.220 e. The molecule has 8 nitrogen and oxygen atoms in total. The van der Waals surface area contributed by atoms with Crippen molar-refractivity contribution in [3.05, 3.63) is 30.7 Å². The normalized spacial score (nSPS) is 20.8. The van der Waals surface area contributed by atoms with Crippen molar-refractivity contribution in [2.24, 2.45) is 0 Å². The minimum atomic E-state index is -0.518.